The molecule has 0 aliphatic carbocycles. The van der Waals surface area contributed by atoms with E-state index in [1.807, 2.05) is 6.07 Å². The van der Waals surface area contributed by atoms with E-state index >= 15 is 0 Å². The molecule has 5 nitrogen and oxygen atoms in total. The van der Waals surface area contributed by atoms with Crippen LogP contribution in [0.5, 0.6) is 0 Å². The van der Waals surface area contributed by atoms with Crippen LogP contribution in [0.1, 0.15) is 21.6 Å². The Balaban J connectivity index is 2.63. The number of fused-ring (bicyclic) bond motifs is 1. The van der Waals surface area contributed by atoms with Gasteiger partial charge in [0.05, 0.1) is 12.6 Å². The number of ether oxygens (including phenoxy) is 1. The van der Waals surface area contributed by atoms with Crippen molar-refractivity contribution < 1.29 is 13.9 Å². The Bertz CT molecular complexity index is 1030. The molecule has 0 saturated carbocycles. The van der Waals surface area contributed by atoms with E-state index < -0.39 is 11.8 Å². The van der Waals surface area contributed by atoms with Crippen LogP contribution in [-0.2, 0) is 11.3 Å². The number of carbonyl (C=O) groups is 1. The molecule has 0 fully saturated rings. The van der Waals surface area contributed by atoms with Gasteiger partial charge in [0.2, 0.25) is 0 Å². The van der Waals surface area contributed by atoms with Gasteiger partial charge >= 0.3 is 5.97 Å². The van der Waals surface area contributed by atoms with Gasteiger partial charge in [-0.1, -0.05) is 18.2 Å². The Morgan fingerprint density at radius 2 is 1.92 bits per heavy atom. The molecule has 1 heterocycles. The van der Waals surface area contributed by atoms with Crippen LogP contribution in [0.3, 0.4) is 0 Å². The zero-order valence-corrected chi connectivity index (χ0v) is 13.9. The summed E-state index contributed by atoms with van der Waals surface area (Å²) in [5.41, 5.74) is 6.91. The zero-order valence-electron chi connectivity index (χ0n) is 13.9. The maximum atomic E-state index is 14.1. The van der Waals surface area contributed by atoms with E-state index in [4.69, 9.17) is 10.5 Å². The molecule has 0 amide bonds. The first-order valence-corrected chi connectivity index (χ1v) is 7.71. The number of halogens is 1. The van der Waals surface area contributed by atoms with Gasteiger partial charge in [0.1, 0.15) is 11.5 Å². The molecule has 3 rings (SSSR count). The van der Waals surface area contributed by atoms with E-state index in [9.17, 15) is 14.0 Å². The van der Waals surface area contributed by atoms with Crippen LogP contribution < -0.4 is 11.2 Å². The SMILES string of the molecule is COC(=O)c1c(CN)c(=O)c2c(C)cc(F)cc2n1-c1ccccc1. The highest BCUT2D eigenvalue weighted by atomic mass is 19.1. The van der Waals surface area contributed by atoms with E-state index in [0.29, 0.717) is 22.2 Å². The van der Waals surface area contributed by atoms with Crippen molar-refractivity contribution in [2.75, 3.05) is 7.11 Å². The number of methoxy groups -OCH3 is 1. The van der Waals surface area contributed by atoms with Gasteiger partial charge in [-0.05, 0) is 36.8 Å². The summed E-state index contributed by atoms with van der Waals surface area (Å²) in [6.07, 6.45) is 0. The Hall–Kier alpha value is -2.99. The molecule has 0 radical (unpaired) electrons. The fraction of sp³-hybridized carbons (Fsp3) is 0.158. The van der Waals surface area contributed by atoms with Gasteiger partial charge in [0.25, 0.3) is 0 Å². The fourth-order valence-corrected chi connectivity index (χ4v) is 3.06. The predicted octanol–water partition coefficient (Wildman–Crippen LogP) is 2.68. The monoisotopic (exact) mass is 340 g/mol. The number of pyridine rings is 1. The lowest BCUT2D eigenvalue weighted by atomic mass is 10.0. The molecule has 0 unspecified atom stereocenters. The third kappa shape index (κ3) is 2.70. The average Bonchev–Trinajstić information content (AvgIpc) is 2.60. The van der Waals surface area contributed by atoms with Crippen molar-refractivity contribution in [1.82, 2.24) is 4.57 Å². The van der Waals surface area contributed by atoms with Crippen LogP contribution in [0.25, 0.3) is 16.6 Å². The van der Waals surface area contributed by atoms with Gasteiger partial charge in [-0.3, -0.25) is 4.79 Å². The van der Waals surface area contributed by atoms with Gasteiger partial charge in [0.15, 0.2) is 5.43 Å². The lowest BCUT2D eigenvalue weighted by Crippen LogP contribution is -2.26. The fourth-order valence-electron chi connectivity index (χ4n) is 3.06. The summed E-state index contributed by atoms with van der Waals surface area (Å²) >= 11 is 0. The highest BCUT2D eigenvalue weighted by Gasteiger charge is 2.24. The highest BCUT2D eigenvalue weighted by Crippen LogP contribution is 2.25. The molecule has 0 atom stereocenters. The Morgan fingerprint density at radius 3 is 2.52 bits per heavy atom. The predicted molar refractivity (Wildman–Crippen MR) is 93.5 cm³/mol. The average molecular weight is 340 g/mol. The second kappa shape index (κ2) is 6.49. The van der Waals surface area contributed by atoms with Gasteiger partial charge in [0, 0.05) is 23.2 Å². The summed E-state index contributed by atoms with van der Waals surface area (Å²) in [5.74, 6) is -1.20. The van der Waals surface area contributed by atoms with Gasteiger partial charge in [-0.25, -0.2) is 9.18 Å². The van der Waals surface area contributed by atoms with Crippen LogP contribution in [-0.4, -0.2) is 17.6 Å². The number of aryl methyl sites for hydroxylation is 1. The highest BCUT2D eigenvalue weighted by molar-refractivity contribution is 5.96. The van der Waals surface area contributed by atoms with Gasteiger partial charge in [-0.2, -0.15) is 0 Å². The Labute approximate surface area is 143 Å². The maximum Gasteiger partial charge on any atom is 0.355 e. The van der Waals surface area contributed by atoms with Gasteiger partial charge in [-0.15, -0.1) is 0 Å². The molecule has 2 aromatic carbocycles. The summed E-state index contributed by atoms with van der Waals surface area (Å²) < 4.78 is 20.5. The third-order valence-electron chi connectivity index (χ3n) is 4.13. The van der Waals surface area contributed by atoms with Crippen LogP contribution in [0.15, 0.2) is 47.3 Å². The minimum absolute atomic E-state index is 0.0127. The Kier molecular flexibility index (Phi) is 4.37. The lowest BCUT2D eigenvalue weighted by molar-refractivity contribution is 0.0589. The zero-order chi connectivity index (χ0) is 18.1. The summed E-state index contributed by atoms with van der Waals surface area (Å²) in [5, 5.41) is 0.332. The first-order chi connectivity index (χ1) is 12.0. The third-order valence-corrected chi connectivity index (χ3v) is 4.13. The lowest BCUT2D eigenvalue weighted by Gasteiger charge is -2.19. The molecule has 6 heteroatoms. The number of rotatable bonds is 3. The molecule has 1 aromatic heterocycles. The van der Waals surface area contributed by atoms with Crippen LogP contribution >= 0.6 is 0 Å². The molecule has 0 spiro atoms. The maximum absolute atomic E-state index is 14.1. The summed E-state index contributed by atoms with van der Waals surface area (Å²) in [4.78, 5) is 25.3. The van der Waals surface area contributed by atoms with Crippen LogP contribution in [0.4, 0.5) is 4.39 Å². The summed E-state index contributed by atoms with van der Waals surface area (Å²) in [7, 11) is 1.23. The first kappa shape index (κ1) is 16.9. The number of aromatic nitrogens is 1. The van der Waals surface area contributed by atoms with E-state index in [0.717, 1.165) is 0 Å². The molecule has 128 valence electrons. The van der Waals surface area contributed by atoms with Crippen LogP contribution in [0, 0.1) is 12.7 Å². The van der Waals surface area contributed by atoms with Crippen molar-refractivity contribution in [3.05, 3.63) is 75.3 Å². The van der Waals surface area contributed by atoms with E-state index in [2.05, 4.69) is 0 Å². The number of para-hydroxylation sites is 1. The topological polar surface area (TPSA) is 74.3 Å². The number of benzene rings is 2. The molecule has 0 bridgehead atoms. The van der Waals surface area contributed by atoms with E-state index in [1.54, 1.807) is 31.2 Å². The second-order valence-electron chi connectivity index (χ2n) is 5.64. The van der Waals surface area contributed by atoms with Gasteiger partial charge < -0.3 is 15.0 Å². The Morgan fingerprint density at radius 1 is 1.24 bits per heavy atom. The largest absolute Gasteiger partial charge is 0.464 e. The number of nitrogens with two attached hydrogens (primary N) is 1. The van der Waals surface area contributed by atoms with Crippen LogP contribution in [0.2, 0.25) is 0 Å². The smallest absolute Gasteiger partial charge is 0.355 e. The standard InChI is InChI=1S/C19H17FN2O3/c1-11-8-12(20)9-15-16(11)18(23)14(10-21)17(19(24)25-2)22(15)13-6-4-3-5-7-13/h3-9H,10,21H2,1-2H3. The molecule has 0 aliphatic rings. The molecule has 0 aliphatic heterocycles. The van der Waals surface area contributed by atoms with Crippen molar-refractivity contribution in [2.45, 2.75) is 13.5 Å². The number of nitrogens with zero attached hydrogens (tertiary/aromatic N) is 1. The minimum atomic E-state index is -0.704. The van der Waals surface area contributed by atoms with Crippen molar-refractivity contribution >= 4 is 16.9 Å². The van der Waals surface area contributed by atoms with E-state index in [1.165, 1.54) is 23.8 Å². The normalized spacial score (nSPS) is 10.9. The summed E-state index contributed by atoms with van der Waals surface area (Å²) in [6, 6.07) is 11.4. The van der Waals surface area contributed by atoms with Crippen molar-refractivity contribution in [2.24, 2.45) is 5.73 Å². The number of hydrogen-bond donors (Lipinski definition) is 1. The first-order valence-electron chi connectivity index (χ1n) is 7.71. The quantitative estimate of drug-likeness (QED) is 0.744. The van der Waals surface area contributed by atoms with Crippen molar-refractivity contribution in [1.29, 1.82) is 0 Å². The number of carbonyl (C=O) groups excluding carboxylic acids is 1. The molecular formula is C19H17FN2O3. The minimum Gasteiger partial charge on any atom is -0.464 e. The molecule has 25 heavy (non-hydrogen) atoms. The van der Waals surface area contributed by atoms with Crippen molar-refractivity contribution in [3.63, 3.8) is 0 Å². The molecule has 3 aromatic rings. The van der Waals surface area contributed by atoms with E-state index in [-0.39, 0.29) is 23.2 Å². The summed E-state index contributed by atoms with van der Waals surface area (Å²) in [6.45, 7) is 1.52. The van der Waals surface area contributed by atoms with Crippen molar-refractivity contribution in [3.8, 4) is 5.69 Å². The molecular weight excluding hydrogens is 323 g/mol. The molecule has 0 saturated heterocycles. The number of hydrogen-bond acceptors (Lipinski definition) is 4. The molecule has 2 N–H and O–H groups in total. The second-order valence-corrected chi connectivity index (χ2v) is 5.64. The number of esters is 1.